The maximum Gasteiger partial charge on any atom is 0.126 e. The maximum absolute atomic E-state index is 13.5. The Kier molecular flexibility index (Phi) is 4.72. The lowest BCUT2D eigenvalue weighted by Gasteiger charge is -2.15. The van der Waals surface area contributed by atoms with Crippen LogP contribution >= 0.6 is 15.9 Å². The monoisotopic (exact) mass is 321 g/mol. The summed E-state index contributed by atoms with van der Waals surface area (Å²) in [6.45, 7) is 4.58. The van der Waals surface area contributed by atoms with Gasteiger partial charge in [0.25, 0.3) is 0 Å². The molecule has 0 aliphatic heterocycles. The average molecular weight is 322 g/mol. The minimum atomic E-state index is -0.145. The third-order valence-corrected chi connectivity index (χ3v) is 3.69. The smallest absolute Gasteiger partial charge is 0.126 e. The molecule has 0 bridgehead atoms. The van der Waals surface area contributed by atoms with Crippen LogP contribution in [0, 0.1) is 12.7 Å². The van der Waals surface area contributed by atoms with Crippen LogP contribution in [0.2, 0.25) is 0 Å². The van der Waals surface area contributed by atoms with Gasteiger partial charge in [-0.05, 0) is 48.7 Å². The average Bonchev–Trinajstić information content (AvgIpc) is 2.39. The summed E-state index contributed by atoms with van der Waals surface area (Å²) in [6.07, 6.45) is 0. The van der Waals surface area contributed by atoms with Crippen molar-refractivity contribution in [1.82, 2.24) is 5.32 Å². The molecule has 1 atom stereocenters. The Morgan fingerprint density at radius 1 is 1.21 bits per heavy atom. The van der Waals surface area contributed by atoms with Crippen molar-refractivity contribution in [3.63, 3.8) is 0 Å². The molecule has 0 aliphatic carbocycles. The Hall–Kier alpha value is -1.19. The van der Waals surface area contributed by atoms with E-state index in [4.69, 9.17) is 0 Å². The molecule has 2 aromatic rings. The van der Waals surface area contributed by atoms with Gasteiger partial charge in [-0.1, -0.05) is 40.2 Å². The van der Waals surface area contributed by atoms with Crippen molar-refractivity contribution in [2.45, 2.75) is 26.4 Å². The SMILES string of the molecule is Cc1ccc(C(C)NCc2cccc(Br)c2)cc1F. The molecule has 3 heteroatoms. The van der Waals surface area contributed by atoms with Gasteiger partial charge in [0, 0.05) is 17.1 Å². The molecule has 0 spiro atoms. The van der Waals surface area contributed by atoms with Gasteiger partial charge in [0.1, 0.15) is 5.82 Å². The molecule has 100 valence electrons. The summed E-state index contributed by atoms with van der Waals surface area (Å²) in [7, 11) is 0. The van der Waals surface area contributed by atoms with Crippen LogP contribution in [0.3, 0.4) is 0 Å². The van der Waals surface area contributed by atoms with E-state index in [1.807, 2.05) is 31.2 Å². The molecule has 19 heavy (non-hydrogen) atoms. The molecule has 0 aromatic heterocycles. The molecular formula is C16H17BrFN. The van der Waals surface area contributed by atoms with Crippen LogP contribution in [0.1, 0.15) is 29.7 Å². The zero-order valence-corrected chi connectivity index (χ0v) is 12.7. The molecule has 1 unspecified atom stereocenters. The van der Waals surface area contributed by atoms with Crippen molar-refractivity contribution in [1.29, 1.82) is 0 Å². The molecule has 0 aliphatic rings. The topological polar surface area (TPSA) is 12.0 Å². The molecule has 1 N–H and O–H groups in total. The highest BCUT2D eigenvalue weighted by Crippen LogP contribution is 2.17. The molecule has 1 nitrogen and oxygen atoms in total. The number of nitrogens with one attached hydrogen (secondary N) is 1. The molecule has 0 heterocycles. The number of rotatable bonds is 4. The maximum atomic E-state index is 13.5. The van der Waals surface area contributed by atoms with E-state index < -0.39 is 0 Å². The van der Waals surface area contributed by atoms with Crippen LogP contribution in [0.5, 0.6) is 0 Å². The van der Waals surface area contributed by atoms with Crippen molar-refractivity contribution >= 4 is 15.9 Å². The normalized spacial score (nSPS) is 12.4. The van der Waals surface area contributed by atoms with E-state index in [0.717, 1.165) is 16.6 Å². The third kappa shape index (κ3) is 3.88. The van der Waals surface area contributed by atoms with Crippen molar-refractivity contribution in [2.24, 2.45) is 0 Å². The fourth-order valence-corrected chi connectivity index (χ4v) is 2.36. The Labute approximate surface area is 122 Å². The van der Waals surface area contributed by atoms with Gasteiger partial charge in [0.15, 0.2) is 0 Å². The first kappa shape index (κ1) is 14.2. The lowest BCUT2D eigenvalue weighted by molar-refractivity contribution is 0.563. The minimum absolute atomic E-state index is 0.120. The molecule has 2 rings (SSSR count). The first-order valence-electron chi connectivity index (χ1n) is 6.30. The highest BCUT2D eigenvalue weighted by atomic mass is 79.9. The van der Waals surface area contributed by atoms with E-state index in [1.165, 1.54) is 5.56 Å². The Bertz CT molecular complexity index is 568. The molecule has 0 amide bonds. The van der Waals surface area contributed by atoms with Crippen molar-refractivity contribution in [2.75, 3.05) is 0 Å². The zero-order valence-electron chi connectivity index (χ0n) is 11.1. The summed E-state index contributed by atoms with van der Waals surface area (Å²) in [5.41, 5.74) is 2.86. The van der Waals surface area contributed by atoms with Gasteiger partial charge in [-0.25, -0.2) is 4.39 Å². The van der Waals surface area contributed by atoms with E-state index in [2.05, 4.69) is 33.4 Å². The highest BCUT2D eigenvalue weighted by molar-refractivity contribution is 9.10. The molecule has 0 radical (unpaired) electrons. The second kappa shape index (κ2) is 6.31. The predicted molar refractivity (Wildman–Crippen MR) is 80.5 cm³/mol. The fraction of sp³-hybridized carbons (Fsp3) is 0.250. The Morgan fingerprint density at radius 3 is 2.68 bits per heavy atom. The van der Waals surface area contributed by atoms with E-state index >= 15 is 0 Å². The van der Waals surface area contributed by atoms with Gasteiger partial charge < -0.3 is 5.32 Å². The second-order valence-corrected chi connectivity index (χ2v) is 5.66. The zero-order chi connectivity index (χ0) is 13.8. The molecular weight excluding hydrogens is 305 g/mol. The summed E-state index contributed by atoms with van der Waals surface area (Å²) in [5.74, 6) is -0.145. The molecule has 2 aromatic carbocycles. The molecule has 0 saturated carbocycles. The highest BCUT2D eigenvalue weighted by Gasteiger charge is 2.07. The first-order valence-corrected chi connectivity index (χ1v) is 7.09. The third-order valence-electron chi connectivity index (χ3n) is 3.20. The van der Waals surface area contributed by atoms with Crippen LogP contribution in [-0.2, 0) is 6.54 Å². The quantitative estimate of drug-likeness (QED) is 0.857. The van der Waals surface area contributed by atoms with E-state index in [-0.39, 0.29) is 11.9 Å². The van der Waals surface area contributed by atoms with Crippen molar-refractivity contribution < 1.29 is 4.39 Å². The number of hydrogen-bond donors (Lipinski definition) is 1. The standard InChI is InChI=1S/C16H17BrFN/c1-11-6-7-14(9-16(11)18)12(2)19-10-13-4-3-5-15(17)8-13/h3-9,12,19H,10H2,1-2H3. The van der Waals surface area contributed by atoms with Crippen LogP contribution < -0.4 is 5.32 Å². The summed E-state index contributed by atoms with van der Waals surface area (Å²) in [6, 6.07) is 13.7. The number of hydrogen-bond acceptors (Lipinski definition) is 1. The summed E-state index contributed by atoms with van der Waals surface area (Å²) < 4.78 is 14.6. The summed E-state index contributed by atoms with van der Waals surface area (Å²) in [5, 5.41) is 3.40. The first-order chi connectivity index (χ1) is 9.06. The lowest BCUT2D eigenvalue weighted by Crippen LogP contribution is -2.18. The van der Waals surface area contributed by atoms with E-state index in [0.29, 0.717) is 5.56 Å². The second-order valence-electron chi connectivity index (χ2n) is 4.74. The number of halogens is 2. The number of benzene rings is 2. The predicted octanol–water partition coefficient (Wildman–Crippen LogP) is 4.75. The Morgan fingerprint density at radius 2 is 2.00 bits per heavy atom. The largest absolute Gasteiger partial charge is 0.306 e. The summed E-state index contributed by atoms with van der Waals surface area (Å²) >= 11 is 3.45. The molecule has 0 saturated heterocycles. The Balaban J connectivity index is 2.01. The van der Waals surface area contributed by atoms with Crippen molar-refractivity contribution in [3.8, 4) is 0 Å². The van der Waals surface area contributed by atoms with Gasteiger partial charge in [0.05, 0.1) is 0 Å². The molecule has 0 fully saturated rings. The van der Waals surface area contributed by atoms with Gasteiger partial charge >= 0.3 is 0 Å². The fourth-order valence-electron chi connectivity index (χ4n) is 1.91. The van der Waals surface area contributed by atoms with Crippen LogP contribution in [-0.4, -0.2) is 0 Å². The van der Waals surface area contributed by atoms with Gasteiger partial charge in [-0.2, -0.15) is 0 Å². The van der Waals surface area contributed by atoms with Gasteiger partial charge in [0.2, 0.25) is 0 Å². The van der Waals surface area contributed by atoms with Gasteiger partial charge in [-0.15, -0.1) is 0 Å². The lowest BCUT2D eigenvalue weighted by atomic mass is 10.1. The minimum Gasteiger partial charge on any atom is -0.306 e. The summed E-state index contributed by atoms with van der Waals surface area (Å²) in [4.78, 5) is 0. The van der Waals surface area contributed by atoms with E-state index in [1.54, 1.807) is 13.0 Å². The van der Waals surface area contributed by atoms with Crippen LogP contribution in [0.15, 0.2) is 46.9 Å². The van der Waals surface area contributed by atoms with Crippen LogP contribution in [0.4, 0.5) is 4.39 Å². The van der Waals surface area contributed by atoms with Crippen LogP contribution in [0.25, 0.3) is 0 Å². The van der Waals surface area contributed by atoms with Gasteiger partial charge in [-0.3, -0.25) is 0 Å². The van der Waals surface area contributed by atoms with Crippen molar-refractivity contribution in [3.05, 3.63) is 69.4 Å². The number of aryl methyl sites for hydroxylation is 1. The van der Waals surface area contributed by atoms with E-state index in [9.17, 15) is 4.39 Å².